The van der Waals surface area contributed by atoms with Gasteiger partial charge in [0, 0.05) is 12.1 Å². The fourth-order valence-electron chi connectivity index (χ4n) is 2.84. The molecule has 0 saturated carbocycles. The highest BCUT2D eigenvalue weighted by molar-refractivity contribution is 9.10. The van der Waals surface area contributed by atoms with Crippen molar-refractivity contribution in [2.45, 2.75) is 33.9 Å². The van der Waals surface area contributed by atoms with E-state index in [-0.39, 0.29) is 19.0 Å². The van der Waals surface area contributed by atoms with Crippen molar-refractivity contribution in [2.24, 2.45) is 0 Å². The lowest BCUT2D eigenvalue weighted by Gasteiger charge is -2.16. The van der Waals surface area contributed by atoms with E-state index >= 15 is 0 Å². The summed E-state index contributed by atoms with van der Waals surface area (Å²) in [6.45, 7) is 8.05. The molecule has 2 rings (SSSR count). The number of rotatable bonds is 10. The van der Waals surface area contributed by atoms with Crippen molar-refractivity contribution in [3.8, 4) is 23.0 Å². The van der Waals surface area contributed by atoms with Gasteiger partial charge in [-0.3, -0.25) is 0 Å². The van der Waals surface area contributed by atoms with Crippen LogP contribution in [0.2, 0.25) is 0 Å². The van der Waals surface area contributed by atoms with Crippen LogP contribution >= 0.6 is 15.9 Å². The molecule has 0 amide bonds. The normalized spacial score (nSPS) is 10.6. The lowest BCUT2D eigenvalue weighted by Crippen LogP contribution is -2.12. The van der Waals surface area contributed by atoms with Gasteiger partial charge >= 0.3 is 18.1 Å². The molecule has 0 aliphatic carbocycles. The van der Waals surface area contributed by atoms with Crippen molar-refractivity contribution in [1.82, 2.24) is 0 Å². The molecule has 1 N–H and O–H groups in total. The lowest BCUT2D eigenvalue weighted by atomic mass is 10.1. The number of benzene rings is 2. The van der Waals surface area contributed by atoms with Gasteiger partial charge in [0.15, 0.2) is 0 Å². The fourth-order valence-corrected chi connectivity index (χ4v) is 3.30. The van der Waals surface area contributed by atoms with Crippen LogP contribution in [-0.4, -0.2) is 50.6 Å². The second kappa shape index (κ2) is 14.4. The fraction of sp³-hybridized carbons (Fsp3) is 0.417. The molecule has 0 aliphatic heterocycles. The maximum absolute atomic E-state index is 12.8. The summed E-state index contributed by atoms with van der Waals surface area (Å²) in [5, 5.41) is 8.92. The Kier molecular flexibility index (Phi) is 12.4. The first-order valence-corrected chi connectivity index (χ1v) is 11.7. The zero-order chi connectivity index (χ0) is 27.5. The molecule has 0 atom stereocenters. The van der Waals surface area contributed by atoms with Crippen LogP contribution in [0.3, 0.4) is 0 Å². The number of carboxylic acid groups (broad SMARTS) is 1. The van der Waals surface area contributed by atoms with E-state index in [1.165, 1.54) is 14.0 Å². The van der Waals surface area contributed by atoms with Gasteiger partial charge in [-0.05, 0) is 55.8 Å². The van der Waals surface area contributed by atoms with Gasteiger partial charge in [0.1, 0.15) is 34.1 Å². The summed E-state index contributed by atoms with van der Waals surface area (Å²) in [7, 11) is 1.34. The molecule has 0 bridgehead atoms. The Morgan fingerprint density at radius 1 is 0.778 bits per heavy atom. The average molecular weight is 581 g/mol. The van der Waals surface area contributed by atoms with E-state index in [0.717, 1.165) is 6.07 Å². The van der Waals surface area contributed by atoms with Crippen LogP contribution < -0.4 is 18.9 Å². The number of alkyl halides is 3. The van der Waals surface area contributed by atoms with Crippen molar-refractivity contribution in [2.75, 3.05) is 33.5 Å². The first-order chi connectivity index (χ1) is 16.9. The lowest BCUT2D eigenvalue weighted by molar-refractivity contribution is -0.138. The van der Waals surface area contributed by atoms with Crippen molar-refractivity contribution in [3.63, 3.8) is 0 Å². The number of aromatic carboxylic acids is 1. The van der Waals surface area contributed by atoms with Crippen molar-refractivity contribution in [1.29, 1.82) is 0 Å². The summed E-state index contributed by atoms with van der Waals surface area (Å²) in [5.74, 6) is -1.40. The van der Waals surface area contributed by atoms with E-state index in [0.29, 0.717) is 40.8 Å². The highest BCUT2D eigenvalue weighted by atomic mass is 79.9. The molecular formula is C24H28BrF3O8. The minimum atomic E-state index is -4.69. The van der Waals surface area contributed by atoms with Gasteiger partial charge in [-0.15, -0.1) is 0 Å². The van der Waals surface area contributed by atoms with E-state index in [4.69, 9.17) is 28.8 Å². The van der Waals surface area contributed by atoms with Gasteiger partial charge in [-0.1, -0.05) is 0 Å². The van der Waals surface area contributed by atoms with Crippen LogP contribution in [0.1, 0.15) is 54.0 Å². The second-order valence-corrected chi connectivity index (χ2v) is 7.50. The average Bonchev–Trinajstić information content (AvgIpc) is 2.81. The third-order valence-electron chi connectivity index (χ3n) is 4.26. The van der Waals surface area contributed by atoms with Crippen LogP contribution in [-0.2, 0) is 10.9 Å². The van der Waals surface area contributed by atoms with Gasteiger partial charge in [0.25, 0.3) is 0 Å². The van der Waals surface area contributed by atoms with Crippen LogP contribution in [0.4, 0.5) is 13.2 Å². The summed E-state index contributed by atoms with van der Waals surface area (Å²) >= 11 is 3.34. The number of ether oxygens (including phenoxy) is 5. The monoisotopic (exact) mass is 580 g/mol. The molecule has 0 aromatic heterocycles. The number of carbonyl (C=O) groups excluding carboxylic acids is 1. The molecule has 0 aliphatic rings. The van der Waals surface area contributed by atoms with E-state index in [1.54, 1.807) is 19.1 Å². The molecule has 8 nitrogen and oxygen atoms in total. The SMILES string of the molecule is CCOc1cc(OCC)c(C(=O)OC)cc1Br.CCOc1cc(OCC)c(C(F)(F)F)cc1C(=O)O. The van der Waals surface area contributed by atoms with E-state index in [1.807, 2.05) is 13.8 Å². The van der Waals surface area contributed by atoms with Crippen molar-refractivity contribution < 1.29 is 51.6 Å². The van der Waals surface area contributed by atoms with Gasteiger partial charge in [0.05, 0.1) is 43.6 Å². The standard InChI is InChI=1S/C12H15BrO4.C12H13F3O4/c1-4-16-10-7-11(17-5-2)9(13)6-8(10)12(14)15-3;1-3-18-9-6-10(19-4-2)8(12(13,14)15)5-7(9)11(16)17/h6-7H,4-5H2,1-3H3;5-6H,3-4H2,1-2H3,(H,16,17). The Morgan fingerprint density at radius 2 is 1.22 bits per heavy atom. The molecule has 0 fully saturated rings. The summed E-state index contributed by atoms with van der Waals surface area (Å²) in [5.41, 5.74) is -1.29. The predicted molar refractivity (Wildman–Crippen MR) is 129 cm³/mol. The molecule has 200 valence electrons. The zero-order valence-electron chi connectivity index (χ0n) is 20.5. The Hall–Kier alpha value is -3.15. The van der Waals surface area contributed by atoms with Gasteiger partial charge in [-0.2, -0.15) is 13.2 Å². The van der Waals surface area contributed by atoms with Crippen molar-refractivity contribution in [3.05, 3.63) is 45.4 Å². The number of hydrogen-bond acceptors (Lipinski definition) is 7. The molecule has 0 radical (unpaired) electrons. The first kappa shape index (κ1) is 30.9. The maximum atomic E-state index is 12.8. The smallest absolute Gasteiger partial charge is 0.419 e. The molecule has 0 unspecified atom stereocenters. The topological polar surface area (TPSA) is 101 Å². The third kappa shape index (κ3) is 8.51. The Balaban J connectivity index is 0.000000362. The zero-order valence-corrected chi connectivity index (χ0v) is 22.0. The van der Waals surface area contributed by atoms with Crippen LogP contribution in [0.25, 0.3) is 0 Å². The van der Waals surface area contributed by atoms with E-state index < -0.39 is 35.0 Å². The molecule has 36 heavy (non-hydrogen) atoms. The minimum absolute atomic E-state index is 0.0288. The predicted octanol–water partition coefficient (Wildman–Crippen LogP) is 6.23. The number of carbonyl (C=O) groups is 2. The van der Waals surface area contributed by atoms with E-state index in [9.17, 15) is 22.8 Å². The van der Waals surface area contributed by atoms with E-state index in [2.05, 4.69) is 15.9 Å². The Morgan fingerprint density at radius 3 is 1.67 bits per heavy atom. The van der Waals surface area contributed by atoms with Crippen LogP contribution in [0, 0.1) is 0 Å². The molecule has 0 spiro atoms. The number of halogens is 4. The minimum Gasteiger partial charge on any atom is -0.493 e. The largest absolute Gasteiger partial charge is 0.493 e. The summed E-state index contributed by atoms with van der Waals surface area (Å²) in [6, 6.07) is 4.81. The number of hydrogen-bond donors (Lipinski definition) is 1. The number of carboxylic acids is 1. The van der Waals surface area contributed by atoms with Gasteiger partial charge in [0.2, 0.25) is 0 Å². The van der Waals surface area contributed by atoms with Gasteiger partial charge in [-0.25, -0.2) is 9.59 Å². The Bertz CT molecular complexity index is 1040. The molecule has 12 heteroatoms. The number of esters is 1. The number of methoxy groups -OCH3 is 1. The first-order valence-electron chi connectivity index (χ1n) is 10.9. The molecular weight excluding hydrogens is 553 g/mol. The summed E-state index contributed by atoms with van der Waals surface area (Å²) in [4.78, 5) is 22.5. The maximum Gasteiger partial charge on any atom is 0.419 e. The summed E-state index contributed by atoms with van der Waals surface area (Å²) in [6.07, 6.45) is -4.69. The highest BCUT2D eigenvalue weighted by Gasteiger charge is 2.36. The van der Waals surface area contributed by atoms with Crippen LogP contribution in [0.15, 0.2) is 28.7 Å². The molecule has 0 saturated heterocycles. The molecule has 2 aromatic rings. The van der Waals surface area contributed by atoms with Crippen LogP contribution in [0.5, 0.6) is 23.0 Å². The van der Waals surface area contributed by atoms with Gasteiger partial charge < -0.3 is 28.8 Å². The molecule has 2 aromatic carbocycles. The third-order valence-corrected chi connectivity index (χ3v) is 4.88. The highest BCUT2D eigenvalue weighted by Crippen LogP contribution is 2.40. The second-order valence-electron chi connectivity index (χ2n) is 6.65. The quantitative estimate of drug-likeness (QED) is 0.330. The van der Waals surface area contributed by atoms with Crippen molar-refractivity contribution >= 4 is 27.9 Å². The summed E-state index contributed by atoms with van der Waals surface area (Å²) < 4.78 is 64.6. The molecule has 0 heterocycles. The Labute approximate surface area is 215 Å².